The summed E-state index contributed by atoms with van der Waals surface area (Å²) < 4.78 is 12.3. The van der Waals surface area contributed by atoms with Gasteiger partial charge in [0.2, 0.25) is 0 Å². The van der Waals surface area contributed by atoms with Gasteiger partial charge in [-0.15, -0.1) is 6.58 Å². The van der Waals surface area contributed by atoms with Gasteiger partial charge < -0.3 is 29.7 Å². The molecule has 186 valence electrons. The topological polar surface area (TPSA) is 117 Å². The zero-order valence-electron chi connectivity index (χ0n) is 20.5. The van der Waals surface area contributed by atoms with Crippen molar-refractivity contribution in [1.29, 1.82) is 0 Å². The molecule has 33 heavy (non-hydrogen) atoms. The molecule has 0 aromatic carbocycles. The molecule has 4 aliphatic rings. The van der Waals surface area contributed by atoms with Crippen molar-refractivity contribution in [3.8, 4) is 0 Å². The number of ether oxygens (including phenoxy) is 2. The minimum Gasteiger partial charge on any atom is -0.440 e. The van der Waals surface area contributed by atoms with E-state index in [9.17, 15) is 24.9 Å². The van der Waals surface area contributed by atoms with E-state index in [-0.39, 0.29) is 6.42 Å². The number of likely N-dealkylation sites (tertiary alicyclic amines) is 1. The van der Waals surface area contributed by atoms with Gasteiger partial charge in [0, 0.05) is 30.8 Å². The fraction of sp³-hybridized carbons (Fsp3) is 0.840. The minimum absolute atomic E-state index is 0.138. The van der Waals surface area contributed by atoms with Crippen LogP contribution in [0.1, 0.15) is 66.7 Å². The lowest BCUT2D eigenvalue weighted by Gasteiger charge is -2.71. The van der Waals surface area contributed by atoms with Crippen LogP contribution in [0.2, 0.25) is 0 Å². The summed E-state index contributed by atoms with van der Waals surface area (Å²) in [6, 6.07) is 0. The monoisotopic (exact) mass is 465 g/mol. The maximum atomic E-state index is 13.8. The lowest BCUT2D eigenvalue weighted by atomic mass is 9.40. The second-order valence-electron chi connectivity index (χ2n) is 11.8. The summed E-state index contributed by atoms with van der Waals surface area (Å²) in [6.45, 7) is 13.7. The van der Waals surface area contributed by atoms with Gasteiger partial charge in [-0.25, -0.2) is 4.79 Å². The van der Waals surface area contributed by atoms with Gasteiger partial charge in [-0.2, -0.15) is 0 Å². The van der Waals surface area contributed by atoms with Crippen molar-refractivity contribution in [3.63, 3.8) is 0 Å². The quantitative estimate of drug-likeness (QED) is 0.535. The number of fused-ring (bicyclic) bond motifs is 3. The number of aliphatic hydroxyl groups is 3. The molecule has 8 atom stereocenters. The van der Waals surface area contributed by atoms with Crippen LogP contribution in [0, 0.1) is 16.7 Å². The summed E-state index contributed by atoms with van der Waals surface area (Å²) in [7, 11) is 0. The Morgan fingerprint density at radius 1 is 1.18 bits per heavy atom. The molecule has 0 radical (unpaired) electrons. The van der Waals surface area contributed by atoms with E-state index in [1.165, 1.54) is 13.0 Å². The number of nitrogens with zero attached hydrogens (tertiary/aromatic N) is 1. The molecule has 1 amide bonds. The lowest BCUT2D eigenvalue weighted by Crippen LogP contribution is -2.86. The first-order chi connectivity index (χ1) is 15.2. The van der Waals surface area contributed by atoms with Gasteiger partial charge in [0.1, 0.15) is 5.60 Å². The molecule has 2 saturated heterocycles. The number of hydrogen-bond acceptors (Lipinski definition) is 7. The van der Waals surface area contributed by atoms with Crippen LogP contribution in [-0.4, -0.2) is 80.3 Å². The summed E-state index contributed by atoms with van der Waals surface area (Å²) in [6.07, 6.45) is -0.179. The molecule has 2 saturated carbocycles. The Balaban J connectivity index is 1.90. The van der Waals surface area contributed by atoms with E-state index in [1.807, 2.05) is 13.8 Å². The van der Waals surface area contributed by atoms with E-state index < -0.39 is 63.7 Å². The van der Waals surface area contributed by atoms with Crippen LogP contribution in [0.4, 0.5) is 4.79 Å². The van der Waals surface area contributed by atoms with Crippen LogP contribution >= 0.6 is 0 Å². The first-order valence-corrected chi connectivity index (χ1v) is 12.1. The fourth-order valence-electron chi connectivity index (χ4n) is 7.56. The molecule has 2 aliphatic heterocycles. The molecule has 3 N–H and O–H groups in total. The standard InChI is InChI=1S/C25H39NO7/c1-7-22(4)14-16(28)25(31)23(5)15(27)10-11-21(2,3)18(23)17(29)19(24(25,6)33-22)32-20(30)26-12-8-9-13-26/h7,15,17-19,27,29,31H,1,8-14H2,2-6H3/t15-,17-,18-,19-,22-,23-,24+,25-/m0/s1. The average molecular weight is 466 g/mol. The molecule has 0 aromatic heterocycles. The Morgan fingerprint density at radius 2 is 1.79 bits per heavy atom. The average Bonchev–Trinajstić information content (AvgIpc) is 3.26. The molecule has 0 bridgehead atoms. The van der Waals surface area contributed by atoms with E-state index in [1.54, 1.807) is 18.7 Å². The summed E-state index contributed by atoms with van der Waals surface area (Å²) in [5.74, 6) is -1.22. The van der Waals surface area contributed by atoms with Crippen LogP contribution in [0.25, 0.3) is 0 Å². The zero-order chi connectivity index (χ0) is 24.6. The molecule has 4 rings (SSSR count). The predicted octanol–water partition coefficient (Wildman–Crippen LogP) is 2.19. The summed E-state index contributed by atoms with van der Waals surface area (Å²) in [5, 5.41) is 35.4. The highest BCUT2D eigenvalue weighted by atomic mass is 16.6. The number of hydrogen-bond donors (Lipinski definition) is 3. The largest absolute Gasteiger partial charge is 0.440 e. The molecule has 2 heterocycles. The number of ketones is 1. The number of carbonyl (C=O) groups excluding carboxylic acids is 2. The van der Waals surface area contributed by atoms with Crippen molar-refractivity contribution in [2.75, 3.05) is 13.1 Å². The summed E-state index contributed by atoms with van der Waals surface area (Å²) in [4.78, 5) is 28.4. The van der Waals surface area contributed by atoms with Gasteiger partial charge >= 0.3 is 6.09 Å². The molecular weight excluding hydrogens is 426 g/mol. The van der Waals surface area contributed by atoms with Gasteiger partial charge in [-0.05, 0) is 44.9 Å². The van der Waals surface area contributed by atoms with Gasteiger partial charge in [0.15, 0.2) is 17.5 Å². The van der Waals surface area contributed by atoms with E-state index in [0.29, 0.717) is 25.9 Å². The zero-order valence-corrected chi connectivity index (χ0v) is 20.5. The third kappa shape index (κ3) is 3.10. The Labute approximate surface area is 195 Å². The third-order valence-electron chi connectivity index (χ3n) is 9.32. The second kappa shape index (κ2) is 7.51. The van der Waals surface area contributed by atoms with Crippen molar-refractivity contribution in [1.82, 2.24) is 4.90 Å². The number of carbonyl (C=O) groups is 2. The molecule has 4 fully saturated rings. The Morgan fingerprint density at radius 3 is 2.36 bits per heavy atom. The van der Waals surface area contributed by atoms with E-state index >= 15 is 0 Å². The molecule has 8 nitrogen and oxygen atoms in total. The highest BCUT2D eigenvalue weighted by molar-refractivity contribution is 5.92. The first-order valence-electron chi connectivity index (χ1n) is 12.1. The lowest BCUT2D eigenvalue weighted by molar-refractivity contribution is -0.369. The van der Waals surface area contributed by atoms with Crippen molar-refractivity contribution in [2.24, 2.45) is 16.7 Å². The van der Waals surface area contributed by atoms with Crippen molar-refractivity contribution in [3.05, 3.63) is 12.7 Å². The highest BCUT2D eigenvalue weighted by Crippen LogP contribution is 2.67. The normalized spacial score (nSPS) is 49.2. The molecule has 0 spiro atoms. The van der Waals surface area contributed by atoms with Gasteiger partial charge in [-0.3, -0.25) is 4.79 Å². The first kappa shape index (κ1) is 24.6. The maximum Gasteiger partial charge on any atom is 0.410 e. The van der Waals surface area contributed by atoms with E-state index in [0.717, 1.165) is 12.8 Å². The van der Waals surface area contributed by atoms with E-state index in [4.69, 9.17) is 9.47 Å². The Hall–Kier alpha value is -1.48. The van der Waals surface area contributed by atoms with Crippen LogP contribution in [-0.2, 0) is 14.3 Å². The SMILES string of the molecule is C=C[C@@]1(C)CC(=O)[C@]2(O)[C@@]3(C)[C@@H](O)CCC(C)(C)[C@@H]3[C@H](O)[C@H](OC(=O)N3CCCC3)[C@@]2(C)O1. The highest BCUT2D eigenvalue weighted by Gasteiger charge is 2.81. The molecule has 8 heteroatoms. The van der Waals surface area contributed by atoms with Crippen LogP contribution < -0.4 is 0 Å². The second-order valence-corrected chi connectivity index (χ2v) is 11.8. The smallest absolute Gasteiger partial charge is 0.410 e. The van der Waals surface area contributed by atoms with Crippen LogP contribution in [0.15, 0.2) is 12.7 Å². The predicted molar refractivity (Wildman–Crippen MR) is 120 cm³/mol. The molecule has 0 unspecified atom stereocenters. The summed E-state index contributed by atoms with van der Waals surface area (Å²) in [5.41, 5.74) is -7.09. The van der Waals surface area contributed by atoms with Crippen LogP contribution in [0.5, 0.6) is 0 Å². The Bertz CT molecular complexity index is 854. The van der Waals surface area contributed by atoms with Crippen molar-refractivity contribution >= 4 is 11.9 Å². The van der Waals surface area contributed by atoms with E-state index in [2.05, 4.69) is 6.58 Å². The molecule has 0 aromatic rings. The van der Waals surface area contributed by atoms with Crippen LogP contribution in [0.3, 0.4) is 0 Å². The molecule has 2 aliphatic carbocycles. The number of aliphatic hydroxyl groups excluding tert-OH is 2. The van der Waals surface area contributed by atoms with Gasteiger partial charge in [0.05, 0.1) is 17.8 Å². The molecular formula is C25H39NO7. The van der Waals surface area contributed by atoms with Crippen molar-refractivity contribution in [2.45, 2.75) is 102 Å². The van der Waals surface area contributed by atoms with Gasteiger partial charge in [0.25, 0.3) is 0 Å². The maximum absolute atomic E-state index is 13.8. The summed E-state index contributed by atoms with van der Waals surface area (Å²) >= 11 is 0. The number of amides is 1. The number of rotatable bonds is 2. The van der Waals surface area contributed by atoms with Crippen molar-refractivity contribution < 1.29 is 34.4 Å². The fourth-order valence-corrected chi connectivity index (χ4v) is 7.56. The van der Waals surface area contributed by atoms with Gasteiger partial charge in [-0.1, -0.05) is 26.8 Å². The third-order valence-corrected chi connectivity index (χ3v) is 9.32. The minimum atomic E-state index is -2.19. The number of Topliss-reactive ketones (excluding diaryl/α,β-unsaturated/α-hetero) is 1. The Kier molecular flexibility index (Phi) is 5.61.